The second-order valence-electron chi connectivity index (χ2n) is 4.53. The van der Waals surface area contributed by atoms with Gasteiger partial charge >= 0.3 is 5.97 Å². The topological polar surface area (TPSA) is 135 Å². The highest BCUT2D eigenvalue weighted by Gasteiger charge is 2.36. The Morgan fingerprint density at radius 2 is 1.11 bits per heavy atom. The van der Waals surface area contributed by atoms with Gasteiger partial charge in [-0.3, -0.25) is 4.79 Å². The lowest BCUT2D eigenvalue weighted by Crippen LogP contribution is -2.49. The van der Waals surface area contributed by atoms with Gasteiger partial charge in [0.2, 0.25) is 0 Å². The van der Waals surface area contributed by atoms with E-state index in [0.29, 0.717) is 0 Å². The van der Waals surface area contributed by atoms with Crippen LogP contribution in [0.5, 0.6) is 0 Å². The summed E-state index contributed by atoms with van der Waals surface area (Å²) in [4.78, 5) is 22.1. The Morgan fingerprint density at radius 3 is 1.56 bits per heavy atom. The number of hydrogen-bond acceptors (Lipinski definition) is 6. The molecule has 0 spiro atoms. The summed E-state index contributed by atoms with van der Waals surface area (Å²) in [7, 11) is 0. The second kappa shape index (κ2) is 13.6. The highest BCUT2D eigenvalue weighted by atomic mass is 16.4. The maximum absolute atomic E-state index is 11.6. The molecule has 7 heteroatoms. The summed E-state index contributed by atoms with van der Waals surface area (Å²) in [6, 6.07) is 0. The van der Waals surface area contributed by atoms with Gasteiger partial charge in [0.25, 0.3) is 0 Å². The SMILES string of the molecule is CC#CC#CC#CC#CC#CC#CCC(=O)[C@@H](O)[C@H](O)[C@@H](O)[C@@H](O)C(=O)O. The van der Waals surface area contributed by atoms with E-state index in [-0.39, 0.29) is 0 Å². The van der Waals surface area contributed by atoms with Gasteiger partial charge in [0.1, 0.15) is 18.3 Å². The van der Waals surface area contributed by atoms with Gasteiger partial charge in [-0.2, -0.15) is 0 Å². The fraction of sp³-hybridized carbons (Fsp3) is 0.300. The first-order valence-electron chi connectivity index (χ1n) is 7.20. The van der Waals surface area contributed by atoms with Gasteiger partial charge in [-0.1, -0.05) is 11.8 Å². The minimum atomic E-state index is -2.35. The minimum Gasteiger partial charge on any atom is -0.479 e. The molecule has 7 nitrogen and oxygen atoms in total. The van der Waals surface area contributed by atoms with E-state index in [1.807, 2.05) is 0 Å². The van der Waals surface area contributed by atoms with Crippen LogP contribution in [0.25, 0.3) is 0 Å². The van der Waals surface area contributed by atoms with Crippen molar-refractivity contribution >= 4 is 11.8 Å². The van der Waals surface area contributed by atoms with Crippen LogP contribution in [-0.4, -0.2) is 61.7 Å². The van der Waals surface area contributed by atoms with Crippen molar-refractivity contribution in [2.24, 2.45) is 0 Å². The van der Waals surface area contributed by atoms with Crippen molar-refractivity contribution < 1.29 is 35.1 Å². The van der Waals surface area contributed by atoms with Crippen molar-refractivity contribution in [2.75, 3.05) is 0 Å². The molecule has 4 atom stereocenters. The van der Waals surface area contributed by atoms with Crippen LogP contribution in [0, 0.1) is 71.0 Å². The highest BCUT2D eigenvalue weighted by molar-refractivity contribution is 5.86. The summed E-state index contributed by atoms with van der Waals surface area (Å²) >= 11 is 0. The quantitative estimate of drug-likeness (QED) is 0.328. The zero-order chi connectivity index (χ0) is 20.7. The average molecular weight is 366 g/mol. The number of aliphatic carboxylic acids is 1. The standard InChI is InChI=1S/C20H14O7/c1-2-3-4-5-6-7-8-9-10-11-12-13-14-15(21)16(22)17(23)18(24)19(25)20(26)27/h16-19,22-25H,14H2,1H3,(H,26,27)/t16-,17+,18-,19-/m1/s1. The van der Waals surface area contributed by atoms with Crippen LogP contribution in [-0.2, 0) is 9.59 Å². The molecule has 0 saturated carbocycles. The molecule has 0 aliphatic carbocycles. The molecule has 0 heterocycles. The molecule has 0 saturated heterocycles. The van der Waals surface area contributed by atoms with Crippen LogP contribution in [0.4, 0.5) is 0 Å². The van der Waals surface area contributed by atoms with E-state index in [1.165, 1.54) is 0 Å². The van der Waals surface area contributed by atoms with Crippen molar-refractivity contribution in [3.05, 3.63) is 0 Å². The summed E-state index contributed by atoms with van der Waals surface area (Å²) in [6.07, 6.45) is -9.43. The summed E-state index contributed by atoms with van der Waals surface area (Å²) < 4.78 is 0. The zero-order valence-electron chi connectivity index (χ0n) is 14.1. The first-order valence-corrected chi connectivity index (χ1v) is 7.20. The largest absolute Gasteiger partial charge is 0.479 e. The number of carboxylic acid groups (broad SMARTS) is 1. The molecule has 0 aromatic rings. The normalized spacial score (nSPS) is 12.3. The van der Waals surface area contributed by atoms with Crippen LogP contribution in [0.2, 0.25) is 0 Å². The van der Waals surface area contributed by atoms with Gasteiger partial charge in [0.15, 0.2) is 11.9 Å². The molecule has 0 aliphatic heterocycles. The molecule has 0 rings (SSSR count). The molecule has 0 aliphatic rings. The van der Waals surface area contributed by atoms with E-state index in [2.05, 4.69) is 71.0 Å². The Hall–Kier alpha value is -3.66. The summed E-state index contributed by atoms with van der Waals surface area (Å²) in [5, 5.41) is 46.0. The monoisotopic (exact) mass is 366 g/mol. The fourth-order valence-corrected chi connectivity index (χ4v) is 1.30. The number of carbonyl (C=O) groups excluding carboxylic acids is 1. The van der Waals surface area contributed by atoms with Crippen molar-refractivity contribution in [1.82, 2.24) is 0 Å². The molecular formula is C20H14O7. The molecule has 0 radical (unpaired) electrons. The minimum absolute atomic E-state index is 0.524. The average Bonchev–Trinajstić information content (AvgIpc) is 2.66. The number of ketones is 1. The third-order valence-electron chi connectivity index (χ3n) is 2.62. The molecule has 0 bridgehead atoms. The van der Waals surface area contributed by atoms with E-state index < -0.39 is 42.6 Å². The number of hydrogen-bond donors (Lipinski definition) is 5. The van der Waals surface area contributed by atoms with Gasteiger partial charge in [0, 0.05) is 0 Å². The van der Waals surface area contributed by atoms with E-state index in [4.69, 9.17) is 10.2 Å². The first kappa shape index (κ1) is 23.3. The lowest BCUT2D eigenvalue weighted by molar-refractivity contribution is -0.165. The Balaban J connectivity index is 4.60. The Morgan fingerprint density at radius 1 is 0.704 bits per heavy atom. The molecule has 0 aromatic heterocycles. The van der Waals surface area contributed by atoms with Gasteiger partial charge in [0.05, 0.1) is 6.42 Å². The molecule has 27 heavy (non-hydrogen) atoms. The van der Waals surface area contributed by atoms with Crippen LogP contribution in [0.15, 0.2) is 0 Å². The van der Waals surface area contributed by atoms with Crippen LogP contribution in [0.1, 0.15) is 13.3 Å². The summed E-state index contributed by atoms with van der Waals surface area (Å²) in [6.45, 7) is 1.64. The lowest BCUT2D eigenvalue weighted by Gasteiger charge is -2.23. The summed E-state index contributed by atoms with van der Waals surface area (Å²) in [5.74, 6) is 25.9. The Bertz CT molecular complexity index is 925. The fourth-order valence-electron chi connectivity index (χ4n) is 1.30. The lowest BCUT2D eigenvalue weighted by atomic mass is 9.99. The first-order chi connectivity index (χ1) is 12.8. The maximum Gasteiger partial charge on any atom is 0.335 e. The molecule has 0 amide bonds. The highest BCUT2D eigenvalue weighted by Crippen LogP contribution is 2.07. The number of carboxylic acids is 1. The van der Waals surface area contributed by atoms with E-state index >= 15 is 0 Å². The van der Waals surface area contributed by atoms with Gasteiger partial charge in [-0.05, 0) is 66.1 Å². The number of Topliss-reactive ketones (excluding diaryl/α,β-unsaturated/α-hetero) is 1. The molecule has 5 N–H and O–H groups in total. The molecule has 0 fully saturated rings. The number of aliphatic hydroxyl groups excluding tert-OH is 4. The van der Waals surface area contributed by atoms with E-state index in [1.54, 1.807) is 6.92 Å². The van der Waals surface area contributed by atoms with Crippen LogP contribution < -0.4 is 0 Å². The van der Waals surface area contributed by atoms with Crippen LogP contribution in [0.3, 0.4) is 0 Å². The number of aliphatic hydroxyl groups is 4. The maximum atomic E-state index is 11.6. The van der Waals surface area contributed by atoms with Gasteiger partial charge < -0.3 is 25.5 Å². The summed E-state index contributed by atoms with van der Waals surface area (Å²) in [5.41, 5.74) is 0. The third kappa shape index (κ3) is 10.0. The Kier molecular flexibility index (Phi) is 11.8. The van der Waals surface area contributed by atoms with Crippen molar-refractivity contribution in [3.63, 3.8) is 0 Å². The van der Waals surface area contributed by atoms with E-state index in [0.717, 1.165) is 0 Å². The Labute approximate surface area is 156 Å². The number of rotatable bonds is 6. The number of carbonyl (C=O) groups is 2. The van der Waals surface area contributed by atoms with Crippen LogP contribution >= 0.6 is 0 Å². The van der Waals surface area contributed by atoms with Crippen molar-refractivity contribution in [3.8, 4) is 71.0 Å². The zero-order valence-corrected chi connectivity index (χ0v) is 14.1. The third-order valence-corrected chi connectivity index (χ3v) is 2.62. The predicted octanol–water partition coefficient (Wildman–Crippen LogP) is -2.49. The molecule has 0 unspecified atom stereocenters. The van der Waals surface area contributed by atoms with Gasteiger partial charge in [-0.25, -0.2) is 4.79 Å². The van der Waals surface area contributed by atoms with Crippen molar-refractivity contribution in [1.29, 1.82) is 0 Å². The smallest absolute Gasteiger partial charge is 0.335 e. The van der Waals surface area contributed by atoms with Gasteiger partial charge in [-0.15, -0.1) is 0 Å². The molecule has 0 aromatic carbocycles. The molecule has 136 valence electrons. The van der Waals surface area contributed by atoms with Crippen molar-refractivity contribution in [2.45, 2.75) is 37.8 Å². The molecular weight excluding hydrogens is 352 g/mol. The second-order valence-corrected chi connectivity index (χ2v) is 4.53. The predicted molar refractivity (Wildman–Crippen MR) is 93.6 cm³/mol. The van der Waals surface area contributed by atoms with E-state index in [9.17, 15) is 24.9 Å².